The number of anilines is 1. The molecule has 2 aromatic rings. The first kappa shape index (κ1) is 15.1. The van der Waals surface area contributed by atoms with Crippen LogP contribution in [0.1, 0.15) is 36.1 Å². The van der Waals surface area contributed by atoms with Crippen molar-refractivity contribution in [2.24, 2.45) is 5.84 Å². The molecule has 0 saturated heterocycles. The number of furan rings is 1. The number of hydrazine groups is 1. The predicted octanol–water partition coefficient (Wildman–Crippen LogP) is 2.69. The molecule has 0 unspecified atom stereocenters. The minimum absolute atomic E-state index is 0.232. The second kappa shape index (κ2) is 7.50. The molecule has 5 heteroatoms. The lowest BCUT2D eigenvalue weighted by molar-refractivity contribution is 0.0924. The van der Waals surface area contributed by atoms with E-state index in [1.165, 1.54) is 0 Å². The molecule has 1 heterocycles. The van der Waals surface area contributed by atoms with Gasteiger partial charge in [-0.3, -0.25) is 10.2 Å². The maximum atomic E-state index is 11.4. The van der Waals surface area contributed by atoms with Gasteiger partial charge in [0, 0.05) is 12.2 Å². The van der Waals surface area contributed by atoms with Crippen LogP contribution in [0.3, 0.4) is 0 Å². The Kier molecular flexibility index (Phi) is 5.40. The van der Waals surface area contributed by atoms with Crippen LogP contribution in [0.2, 0.25) is 0 Å². The third-order valence-electron chi connectivity index (χ3n) is 3.27. The summed E-state index contributed by atoms with van der Waals surface area (Å²) in [6, 6.07) is 13.6. The van der Waals surface area contributed by atoms with Gasteiger partial charge in [0.15, 0.2) is 5.76 Å². The van der Waals surface area contributed by atoms with E-state index >= 15 is 0 Å². The van der Waals surface area contributed by atoms with E-state index in [4.69, 9.17) is 10.3 Å². The minimum Gasteiger partial charge on any atom is -0.454 e. The van der Waals surface area contributed by atoms with E-state index in [0.717, 1.165) is 30.8 Å². The zero-order valence-electron chi connectivity index (χ0n) is 12.2. The zero-order chi connectivity index (χ0) is 15.1. The monoisotopic (exact) mass is 287 g/mol. The van der Waals surface area contributed by atoms with Crippen molar-refractivity contribution in [1.29, 1.82) is 0 Å². The lowest BCUT2D eigenvalue weighted by Crippen LogP contribution is -2.29. The number of hydrogen-bond donors (Lipinski definition) is 2. The van der Waals surface area contributed by atoms with Crippen molar-refractivity contribution in [1.82, 2.24) is 5.43 Å². The van der Waals surface area contributed by atoms with Crippen LogP contribution in [0.25, 0.3) is 0 Å². The Morgan fingerprint density at radius 3 is 2.67 bits per heavy atom. The highest BCUT2D eigenvalue weighted by Crippen LogP contribution is 2.19. The minimum atomic E-state index is -0.416. The third kappa shape index (κ3) is 4.10. The van der Waals surface area contributed by atoms with Crippen molar-refractivity contribution < 1.29 is 9.21 Å². The first-order chi connectivity index (χ1) is 10.2. The number of hydrogen-bond acceptors (Lipinski definition) is 4. The molecular formula is C16H21N3O2. The second-order valence-corrected chi connectivity index (χ2v) is 4.85. The Hall–Kier alpha value is -2.27. The van der Waals surface area contributed by atoms with Crippen molar-refractivity contribution in [2.75, 3.05) is 11.4 Å². The molecule has 3 N–H and O–H groups in total. The molecule has 0 bridgehead atoms. The molecule has 112 valence electrons. The number of unbranched alkanes of at least 4 members (excludes halogenated alkanes) is 1. The van der Waals surface area contributed by atoms with Gasteiger partial charge in [-0.1, -0.05) is 31.5 Å². The molecule has 0 aliphatic rings. The second-order valence-electron chi connectivity index (χ2n) is 4.85. The SMILES string of the molecule is CCCCN(Cc1ccc(C(=O)NN)o1)c1ccccc1. The predicted molar refractivity (Wildman–Crippen MR) is 82.8 cm³/mol. The Bertz CT molecular complexity index is 566. The van der Waals surface area contributed by atoms with E-state index in [1.807, 2.05) is 24.3 Å². The largest absolute Gasteiger partial charge is 0.454 e. The summed E-state index contributed by atoms with van der Waals surface area (Å²) in [7, 11) is 0. The highest BCUT2D eigenvalue weighted by atomic mass is 16.4. The van der Waals surface area contributed by atoms with Gasteiger partial charge in [-0.15, -0.1) is 0 Å². The number of carbonyl (C=O) groups is 1. The number of nitrogens with one attached hydrogen (secondary N) is 1. The van der Waals surface area contributed by atoms with Gasteiger partial charge in [0.1, 0.15) is 5.76 Å². The van der Waals surface area contributed by atoms with Crippen molar-refractivity contribution >= 4 is 11.6 Å². The molecule has 1 amide bonds. The normalized spacial score (nSPS) is 10.4. The van der Waals surface area contributed by atoms with Crippen molar-refractivity contribution in [3.05, 3.63) is 54.0 Å². The fraction of sp³-hybridized carbons (Fsp3) is 0.312. The van der Waals surface area contributed by atoms with Crippen LogP contribution >= 0.6 is 0 Å². The summed E-state index contributed by atoms with van der Waals surface area (Å²) in [6.07, 6.45) is 2.23. The molecule has 0 radical (unpaired) electrons. The number of nitrogens with two attached hydrogens (primary N) is 1. The number of benzene rings is 1. The van der Waals surface area contributed by atoms with E-state index in [0.29, 0.717) is 6.54 Å². The van der Waals surface area contributed by atoms with Crippen LogP contribution in [0.5, 0.6) is 0 Å². The zero-order valence-corrected chi connectivity index (χ0v) is 12.2. The summed E-state index contributed by atoms with van der Waals surface area (Å²) in [6.45, 7) is 3.74. The third-order valence-corrected chi connectivity index (χ3v) is 3.27. The average molecular weight is 287 g/mol. The van der Waals surface area contributed by atoms with Crippen LogP contribution in [0.15, 0.2) is 46.9 Å². The molecule has 2 rings (SSSR count). The van der Waals surface area contributed by atoms with Gasteiger partial charge in [0.2, 0.25) is 0 Å². The molecule has 1 aromatic carbocycles. The van der Waals surface area contributed by atoms with Crippen LogP contribution in [-0.4, -0.2) is 12.5 Å². The van der Waals surface area contributed by atoms with Gasteiger partial charge in [0.25, 0.3) is 0 Å². The molecule has 0 aliphatic heterocycles. The molecule has 0 saturated carbocycles. The van der Waals surface area contributed by atoms with Crippen LogP contribution < -0.4 is 16.2 Å². The molecule has 1 aromatic heterocycles. The molecule has 5 nitrogen and oxygen atoms in total. The van der Waals surface area contributed by atoms with Gasteiger partial charge in [-0.25, -0.2) is 5.84 Å². The van der Waals surface area contributed by atoms with Gasteiger partial charge >= 0.3 is 5.91 Å². The molecule has 0 aliphatic carbocycles. The molecule has 0 spiro atoms. The summed E-state index contributed by atoms with van der Waals surface area (Å²) >= 11 is 0. The molecule has 0 fully saturated rings. The summed E-state index contributed by atoms with van der Waals surface area (Å²) in [5, 5.41) is 0. The maximum absolute atomic E-state index is 11.4. The molecule has 0 atom stereocenters. The Balaban J connectivity index is 2.11. The number of nitrogen functional groups attached to an aromatic ring is 1. The van der Waals surface area contributed by atoms with Crippen LogP contribution in [0.4, 0.5) is 5.69 Å². The van der Waals surface area contributed by atoms with Crippen molar-refractivity contribution in [3.8, 4) is 0 Å². The molecule has 21 heavy (non-hydrogen) atoms. The summed E-state index contributed by atoms with van der Waals surface area (Å²) < 4.78 is 5.53. The van der Waals surface area contributed by atoms with E-state index in [1.54, 1.807) is 6.07 Å². The average Bonchev–Trinajstić information content (AvgIpc) is 3.00. The number of para-hydroxylation sites is 1. The van der Waals surface area contributed by atoms with Crippen molar-refractivity contribution in [3.63, 3.8) is 0 Å². The van der Waals surface area contributed by atoms with Crippen molar-refractivity contribution in [2.45, 2.75) is 26.3 Å². The quantitative estimate of drug-likeness (QED) is 0.466. The fourth-order valence-corrected chi connectivity index (χ4v) is 2.13. The van der Waals surface area contributed by atoms with Gasteiger partial charge in [-0.2, -0.15) is 0 Å². The van der Waals surface area contributed by atoms with E-state index in [-0.39, 0.29) is 5.76 Å². The van der Waals surface area contributed by atoms with E-state index in [9.17, 15) is 4.79 Å². The molecular weight excluding hydrogens is 266 g/mol. The number of amides is 1. The van der Waals surface area contributed by atoms with Crippen LogP contribution in [-0.2, 0) is 6.54 Å². The van der Waals surface area contributed by atoms with Gasteiger partial charge in [-0.05, 0) is 30.7 Å². The first-order valence-corrected chi connectivity index (χ1v) is 7.14. The lowest BCUT2D eigenvalue weighted by Gasteiger charge is -2.23. The summed E-state index contributed by atoms with van der Waals surface area (Å²) in [4.78, 5) is 13.7. The summed E-state index contributed by atoms with van der Waals surface area (Å²) in [5.74, 6) is 5.66. The van der Waals surface area contributed by atoms with Crippen LogP contribution in [0, 0.1) is 0 Å². The highest BCUT2D eigenvalue weighted by molar-refractivity contribution is 5.90. The topological polar surface area (TPSA) is 71.5 Å². The van der Waals surface area contributed by atoms with Gasteiger partial charge < -0.3 is 9.32 Å². The Morgan fingerprint density at radius 1 is 1.24 bits per heavy atom. The van der Waals surface area contributed by atoms with Gasteiger partial charge in [0.05, 0.1) is 6.54 Å². The van der Waals surface area contributed by atoms with E-state index < -0.39 is 5.91 Å². The Labute approximate surface area is 124 Å². The number of nitrogens with zero attached hydrogens (tertiary/aromatic N) is 1. The van der Waals surface area contributed by atoms with E-state index in [2.05, 4.69) is 29.4 Å². The highest BCUT2D eigenvalue weighted by Gasteiger charge is 2.13. The first-order valence-electron chi connectivity index (χ1n) is 7.14. The standard InChI is InChI=1S/C16H21N3O2/c1-2-3-11-19(13-7-5-4-6-8-13)12-14-9-10-15(21-14)16(20)18-17/h4-10H,2-3,11-12,17H2,1H3,(H,18,20). The maximum Gasteiger partial charge on any atom is 0.300 e. The number of rotatable bonds is 7. The lowest BCUT2D eigenvalue weighted by atomic mass is 10.2. The Morgan fingerprint density at radius 2 is 2.00 bits per heavy atom. The smallest absolute Gasteiger partial charge is 0.300 e. The summed E-state index contributed by atoms with van der Waals surface area (Å²) in [5.41, 5.74) is 3.21. The number of carbonyl (C=O) groups excluding carboxylic acids is 1. The fourth-order valence-electron chi connectivity index (χ4n) is 2.13.